The normalized spacial score (nSPS) is 14.5. The standard InChI is InChI=1S/C22H29Cl2N5O/c1-14(2)10-21-26-12-16-7-9-29(13-20(16)27-21)22(30)28-19(6-8-25-3)15-4-5-17(23)18(24)11-15/h4-5,11-12,14,19,25H,6-10,13H2,1-3H3,(H,28,30). The summed E-state index contributed by atoms with van der Waals surface area (Å²) in [5.41, 5.74) is 3.01. The van der Waals surface area contributed by atoms with Crippen LogP contribution in [-0.2, 0) is 19.4 Å². The minimum absolute atomic E-state index is 0.100. The van der Waals surface area contributed by atoms with Crippen LogP contribution in [0.4, 0.5) is 4.79 Å². The molecule has 1 aromatic heterocycles. The number of urea groups is 1. The molecule has 0 bridgehead atoms. The number of aromatic nitrogens is 2. The van der Waals surface area contributed by atoms with Gasteiger partial charge in [0.1, 0.15) is 5.82 Å². The molecule has 2 heterocycles. The van der Waals surface area contributed by atoms with Crippen LogP contribution in [-0.4, -0.2) is 41.0 Å². The van der Waals surface area contributed by atoms with Crippen LogP contribution in [0.5, 0.6) is 0 Å². The van der Waals surface area contributed by atoms with E-state index < -0.39 is 0 Å². The summed E-state index contributed by atoms with van der Waals surface area (Å²) in [6.45, 7) is 6.20. The monoisotopic (exact) mass is 449 g/mol. The van der Waals surface area contributed by atoms with Crippen LogP contribution >= 0.6 is 23.2 Å². The van der Waals surface area contributed by atoms with Gasteiger partial charge in [0, 0.05) is 19.2 Å². The Hall–Kier alpha value is -1.89. The van der Waals surface area contributed by atoms with Gasteiger partial charge in [-0.05, 0) is 55.6 Å². The summed E-state index contributed by atoms with van der Waals surface area (Å²) in [5.74, 6) is 1.33. The second-order valence-electron chi connectivity index (χ2n) is 8.10. The Bertz CT molecular complexity index is 890. The van der Waals surface area contributed by atoms with Gasteiger partial charge in [-0.3, -0.25) is 0 Å². The molecule has 2 amide bonds. The molecule has 1 atom stereocenters. The zero-order valence-electron chi connectivity index (χ0n) is 17.7. The van der Waals surface area contributed by atoms with Crippen molar-refractivity contribution in [1.29, 1.82) is 0 Å². The molecule has 1 unspecified atom stereocenters. The first-order valence-corrected chi connectivity index (χ1v) is 11.1. The number of carbonyl (C=O) groups excluding carboxylic acids is 1. The molecule has 2 aromatic rings. The highest BCUT2D eigenvalue weighted by atomic mass is 35.5. The highest BCUT2D eigenvalue weighted by molar-refractivity contribution is 6.42. The third-order valence-electron chi connectivity index (χ3n) is 5.20. The van der Waals surface area contributed by atoms with Gasteiger partial charge in [0.15, 0.2) is 0 Å². The van der Waals surface area contributed by atoms with Crippen LogP contribution in [0.1, 0.15) is 49.0 Å². The predicted octanol–water partition coefficient (Wildman–Crippen LogP) is 4.40. The molecule has 0 spiro atoms. The van der Waals surface area contributed by atoms with Gasteiger partial charge in [-0.25, -0.2) is 14.8 Å². The van der Waals surface area contributed by atoms with E-state index in [1.165, 1.54) is 0 Å². The van der Waals surface area contributed by atoms with Crippen LogP contribution in [0.3, 0.4) is 0 Å². The lowest BCUT2D eigenvalue weighted by atomic mass is 10.0. The number of amides is 2. The summed E-state index contributed by atoms with van der Waals surface area (Å²) < 4.78 is 0. The molecule has 0 saturated heterocycles. The van der Waals surface area contributed by atoms with Crippen molar-refractivity contribution in [3.05, 3.63) is 57.1 Å². The number of benzene rings is 1. The van der Waals surface area contributed by atoms with E-state index in [0.29, 0.717) is 29.1 Å². The molecule has 1 aliphatic heterocycles. The summed E-state index contributed by atoms with van der Waals surface area (Å²) >= 11 is 12.3. The summed E-state index contributed by atoms with van der Waals surface area (Å²) in [6.07, 6.45) is 4.26. The number of halogens is 2. The van der Waals surface area contributed by atoms with Crippen LogP contribution in [0.2, 0.25) is 10.0 Å². The number of fused-ring (bicyclic) bond motifs is 1. The van der Waals surface area contributed by atoms with Gasteiger partial charge < -0.3 is 15.5 Å². The fourth-order valence-corrected chi connectivity index (χ4v) is 3.87. The maximum atomic E-state index is 13.1. The van der Waals surface area contributed by atoms with E-state index in [9.17, 15) is 4.79 Å². The van der Waals surface area contributed by atoms with Crippen LogP contribution in [0.25, 0.3) is 0 Å². The number of rotatable bonds is 7. The largest absolute Gasteiger partial charge is 0.331 e. The molecule has 1 aromatic carbocycles. The van der Waals surface area contributed by atoms with E-state index in [2.05, 4.69) is 29.5 Å². The van der Waals surface area contributed by atoms with Crippen molar-refractivity contribution in [3.63, 3.8) is 0 Å². The van der Waals surface area contributed by atoms with Gasteiger partial charge in [-0.15, -0.1) is 0 Å². The van der Waals surface area contributed by atoms with Gasteiger partial charge in [0.25, 0.3) is 0 Å². The Kier molecular flexibility index (Phi) is 7.92. The molecule has 0 saturated carbocycles. The highest BCUT2D eigenvalue weighted by Crippen LogP contribution is 2.27. The van der Waals surface area contributed by atoms with Crippen molar-refractivity contribution in [1.82, 2.24) is 25.5 Å². The fraction of sp³-hybridized carbons (Fsp3) is 0.500. The van der Waals surface area contributed by atoms with Crippen LogP contribution in [0, 0.1) is 5.92 Å². The average Bonchev–Trinajstić information content (AvgIpc) is 2.72. The Morgan fingerprint density at radius 2 is 2.07 bits per heavy atom. The van der Waals surface area contributed by atoms with Crippen molar-refractivity contribution >= 4 is 29.2 Å². The molecule has 3 rings (SSSR count). The maximum absolute atomic E-state index is 13.1. The van der Waals surface area contributed by atoms with E-state index in [1.807, 2.05) is 30.3 Å². The first-order chi connectivity index (χ1) is 14.4. The minimum atomic E-state index is -0.164. The lowest BCUT2D eigenvalue weighted by molar-refractivity contribution is 0.186. The van der Waals surface area contributed by atoms with E-state index >= 15 is 0 Å². The van der Waals surface area contributed by atoms with Gasteiger partial charge in [-0.1, -0.05) is 43.1 Å². The van der Waals surface area contributed by atoms with Crippen molar-refractivity contribution in [2.24, 2.45) is 5.92 Å². The average molecular weight is 450 g/mol. The Balaban J connectivity index is 1.72. The van der Waals surface area contributed by atoms with Crippen LogP contribution < -0.4 is 10.6 Å². The van der Waals surface area contributed by atoms with Crippen molar-refractivity contribution < 1.29 is 4.79 Å². The van der Waals surface area contributed by atoms with E-state index in [1.54, 1.807) is 6.07 Å². The molecule has 30 heavy (non-hydrogen) atoms. The lowest BCUT2D eigenvalue weighted by Crippen LogP contribution is -2.44. The fourth-order valence-electron chi connectivity index (χ4n) is 3.56. The van der Waals surface area contributed by atoms with E-state index in [-0.39, 0.29) is 12.1 Å². The second-order valence-corrected chi connectivity index (χ2v) is 8.91. The molecule has 0 aliphatic carbocycles. The minimum Gasteiger partial charge on any atom is -0.331 e. The van der Waals surface area contributed by atoms with E-state index in [0.717, 1.165) is 48.5 Å². The first kappa shape index (κ1) is 22.8. The highest BCUT2D eigenvalue weighted by Gasteiger charge is 2.25. The number of nitrogens with one attached hydrogen (secondary N) is 2. The SMILES string of the molecule is CNCCC(NC(=O)N1CCc2cnc(CC(C)C)nc2C1)c1ccc(Cl)c(Cl)c1. The summed E-state index contributed by atoms with van der Waals surface area (Å²) in [4.78, 5) is 24.1. The number of hydrogen-bond donors (Lipinski definition) is 2. The molecule has 0 radical (unpaired) electrons. The molecule has 162 valence electrons. The second kappa shape index (κ2) is 10.4. The maximum Gasteiger partial charge on any atom is 0.318 e. The van der Waals surface area contributed by atoms with Crippen molar-refractivity contribution in [2.45, 2.75) is 45.7 Å². The Morgan fingerprint density at radius 3 is 2.77 bits per heavy atom. The lowest BCUT2D eigenvalue weighted by Gasteiger charge is -2.30. The predicted molar refractivity (Wildman–Crippen MR) is 121 cm³/mol. The first-order valence-electron chi connectivity index (χ1n) is 10.4. The van der Waals surface area contributed by atoms with E-state index in [4.69, 9.17) is 28.2 Å². The van der Waals surface area contributed by atoms with Crippen molar-refractivity contribution in [2.75, 3.05) is 20.1 Å². The third kappa shape index (κ3) is 5.84. The third-order valence-corrected chi connectivity index (χ3v) is 5.94. The molecule has 2 N–H and O–H groups in total. The summed E-state index contributed by atoms with van der Waals surface area (Å²) in [5, 5.41) is 7.29. The van der Waals surface area contributed by atoms with Gasteiger partial charge in [0.2, 0.25) is 0 Å². The smallest absolute Gasteiger partial charge is 0.318 e. The molecular formula is C22H29Cl2N5O. The molecule has 1 aliphatic rings. The van der Waals surface area contributed by atoms with Gasteiger partial charge in [0.05, 0.1) is 28.3 Å². The molecule has 8 heteroatoms. The van der Waals surface area contributed by atoms with Gasteiger partial charge in [-0.2, -0.15) is 0 Å². The number of nitrogens with zero attached hydrogens (tertiary/aromatic N) is 3. The topological polar surface area (TPSA) is 70.2 Å². The Labute approximate surface area is 188 Å². The van der Waals surface area contributed by atoms with Crippen molar-refractivity contribution in [3.8, 4) is 0 Å². The summed E-state index contributed by atoms with van der Waals surface area (Å²) in [6, 6.07) is 5.23. The molecular weight excluding hydrogens is 421 g/mol. The Morgan fingerprint density at radius 1 is 1.27 bits per heavy atom. The van der Waals surface area contributed by atoms with Crippen LogP contribution in [0.15, 0.2) is 24.4 Å². The molecule has 0 fully saturated rings. The zero-order chi connectivity index (χ0) is 21.7. The quantitative estimate of drug-likeness (QED) is 0.656. The summed E-state index contributed by atoms with van der Waals surface area (Å²) in [7, 11) is 1.89. The zero-order valence-corrected chi connectivity index (χ0v) is 19.2. The number of carbonyl (C=O) groups is 1. The molecule has 6 nitrogen and oxygen atoms in total. The number of hydrogen-bond acceptors (Lipinski definition) is 4. The van der Waals surface area contributed by atoms with Gasteiger partial charge >= 0.3 is 6.03 Å².